The maximum atomic E-state index is 13.0. The van der Waals surface area contributed by atoms with Gasteiger partial charge in [-0.15, -0.1) is 10.2 Å². The summed E-state index contributed by atoms with van der Waals surface area (Å²) in [4.78, 5) is 35.0. The number of aryl methyl sites for hydroxylation is 1. The topological polar surface area (TPSA) is 109 Å². The Kier molecular flexibility index (Phi) is 6.73. The highest BCUT2D eigenvalue weighted by Gasteiger charge is 2.20. The van der Waals surface area contributed by atoms with Gasteiger partial charge in [-0.1, -0.05) is 62.9 Å². The first kappa shape index (κ1) is 22.9. The van der Waals surface area contributed by atoms with Gasteiger partial charge in [-0.2, -0.15) is 0 Å². The van der Waals surface area contributed by atoms with E-state index in [9.17, 15) is 9.59 Å². The normalized spacial score (nSPS) is 11.5. The van der Waals surface area contributed by atoms with E-state index in [-0.39, 0.29) is 11.6 Å². The van der Waals surface area contributed by atoms with Gasteiger partial charge in [0.05, 0.1) is 12.2 Å². The Morgan fingerprint density at radius 2 is 1.79 bits per heavy atom. The zero-order chi connectivity index (χ0) is 23.5. The average molecular weight is 467 g/mol. The molecule has 4 rings (SSSR count). The first-order chi connectivity index (χ1) is 15.9. The van der Waals surface area contributed by atoms with Crippen molar-refractivity contribution in [2.24, 2.45) is 7.05 Å². The molecule has 172 valence electrons. The molecule has 4 aromatic rings. The van der Waals surface area contributed by atoms with E-state index in [1.54, 1.807) is 4.57 Å². The molecule has 3 heterocycles. The van der Waals surface area contributed by atoms with E-state index in [1.165, 1.54) is 18.8 Å². The van der Waals surface area contributed by atoms with Crippen LogP contribution in [0.5, 0.6) is 0 Å². The second kappa shape index (κ2) is 9.70. The van der Waals surface area contributed by atoms with Gasteiger partial charge in [0.15, 0.2) is 5.65 Å². The number of aromatic nitrogens is 6. The lowest BCUT2D eigenvalue weighted by Gasteiger charge is -2.14. The van der Waals surface area contributed by atoms with Crippen molar-refractivity contribution in [2.45, 2.75) is 56.9 Å². The Morgan fingerprint density at radius 3 is 2.48 bits per heavy atom. The molecule has 3 aromatic heterocycles. The van der Waals surface area contributed by atoms with Crippen LogP contribution in [0.4, 0.5) is 0 Å². The van der Waals surface area contributed by atoms with Crippen LogP contribution in [-0.2, 0) is 25.8 Å². The van der Waals surface area contributed by atoms with Crippen LogP contribution < -0.4 is 11.2 Å². The standard InChI is InChI=1S/C23H26N6O3S/c1-5-11-29-20-18(22(30)28(4)23(29)31)21(25-19(24-20)14(2)3)33-13-17-27-26-16(32-17)12-15-9-7-6-8-10-15/h6-10,14H,5,11-13H2,1-4H3. The molecule has 33 heavy (non-hydrogen) atoms. The van der Waals surface area contributed by atoms with Crippen molar-refractivity contribution in [3.63, 3.8) is 0 Å². The zero-order valence-electron chi connectivity index (χ0n) is 19.1. The highest BCUT2D eigenvalue weighted by molar-refractivity contribution is 7.98. The first-order valence-electron chi connectivity index (χ1n) is 10.9. The van der Waals surface area contributed by atoms with Gasteiger partial charge in [-0.25, -0.2) is 14.8 Å². The van der Waals surface area contributed by atoms with Crippen LogP contribution in [0.25, 0.3) is 11.0 Å². The highest BCUT2D eigenvalue weighted by atomic mass is 32.2. The summed E-state index contributed by atoms with van der Waals surface area (Å²) >= 11 is 1.33. The van der Waals surface area contributed by atoms with Gasteiger partial charge in [0.1, 0.15) is 16.2 Å². The second-order valence-electron chi connectivity index (χ2n) is 8.08. The quantitative estimate of drug-likeness (QED) is 0.287. The highest BCUT2D eigenvalue weighted by Crippen LogP contribution is 2.27. The van der Waals surface area contributed by atoms with Crippen molar-refractivity contribution in [1.29, 1.82) is 0 Å². The second-order valence-corrected chi connectivity index (χ2v) is 9.04. The molecule has 0 atom stereocenters. The van der Waals surface area contributed by atoms with Gasteiger partial charge >= 0.3 is 5.69 Å². The predicted molar refractivity (Wildman–Crippen MR) is 127 cm³/mol. The summed E-state index contributed by atoms with van der Waals surface area (Å²) < 4.78 is 8.48. The van der Waals surface area contributed by atoms with Crippen LogP contribution in [0, 0.1) is 0 Å². The summed E-state index contributed by atoms with van der Waals surface area (Å²) in [5, 5.41) is 9.13. The lowest BCUT2D eigenvalue weighted by Crippen LogP contribution is -2.39. The summed E-state index contributed by atoms with van der Waals surface area (Å²) in [6, 6.07) is 9.90. The van der Waals surface area contributed by atoms with Crippen molar-refractivity contribution in [2.75, 3.05) is 0 Å². The number of hydrogen-bond acceptors (Lipinski definition) is 8. The number of nitrogens with zero attached hydrogens (tertiary/aromatic N) is 6. The van der Waals surface area contributed by atoms with E-state index in [2.05, 4.69) is 20.2 Å². The number of thioether (sulfide) groups is 1. The van der Waals surface area contributed by atoms with Crippen LogP contribution in [0.15, 0.2) is 49.4 Å². The van der Waals surface area contributed by atoms with Crippen LogP contribution >= 0.6 is 11.8 Å². The van der Waals surface area contributed by atoms with Gasteiger partial charge in [0.25, 0.3) is 5.56 Å². The monoisotopic (exact) mass is 466 g/mol. The molecule has 0 bridgehead atoms. The molecular formula is C23H26N6O3S. The molecule has 0 saturated heterocycles. The lowest BCUT2D eigenvalue weighted by molar-refractivity contribution is 0.474. The molecule has 0 aliphatic carbocycles. The molecule has 0 saturated carbocycles. The van der Waals surface area contributed by atoms with Crippen molar-refractivity contribution in [3.8, 4) is 0 Å². The van der Waals surface area contributed by atoms with Gasteiger partial charge in [0, 0.05) is 19.5 Å². The molecule has 0 amide bonds. The predicted octanol–water partition coefficient (Wildman–Crippen LogP) is 3.29. The molecule has 0 fully saturated rings. The Labute approximate surface area is 194 Å². The molecule has 9 nitrogen and oxygen atoms in total. The van der Waals surface area contributed by atoms with E-state index < -0.39 is 5.56 Å². The number of rotatable bonds is 8. The van der Waals surface area contributed by atoms with E-state index in [0.717, 1.165) is 16.6 Å². The fraction of sp³-hybridized carbons (Fsp3) is 0.391. The average Bonchev–Trinajstić information content (AvgIpc) is 3.26. The molecule has 1 aromatic carbocycles. The molecule has 0 aliphatic heterocycles. The minimum absolute atomic E-state index is 0.0314. The minimum Gasteiger partial charge on any atom is -0.424 e. The smallest absolute Gasteiger partial charge is 0.332 e. The Balaban J connectivity index is 1.70. The Hall–Kier alpha value is -3.27. The minimum atomic E-state index is -0.407. The molecule has 0 N–H and O–H groups in total. The Bertz CT molecular complexity index is 1390. The SMILES string of the molecule is CCCn1c(=O)n(C)c(=O)c2c(SCc3nnc(Cc4ccccc4)o3)nc(C(C)C)nc21. The fourth-order valence-electron chi connectivity index (χ4n) is 3.46. The van der Waals surface area contributed by atoms with Crippen molar-refractivity contribution < 1.29 is 4.42 Å². The number of fused-ring (bicyclic) bond motifs is 1. The Morgan fingerprint density at radius 1 is 1.06 bits per heavy atom. The third kappa shape index (κ3) is 4.75. The summed E-state index contributed by atoms with van der Waals surface area (Å²) in [6.45, 7) is 6.40. The van der Waals surface area contributed by atoms with Gasteiger partial charge in [-0.3, -0.25) is 13.9 Å². The largest absolute Gasteiger partial charge is 0.424 e. The van der Waals surface area contributed by atoms with Crippen molar-refractivity contribution in [3.05, 3.63) is 74.3 Å². The fourth-order valence-corrected chi connectivity index (χ4v) is 4.32. The third-order valence-corrected chi connectivity index (χ3v) is 6.13. The summed E-state index contributed by atoms with van der Waals surface area (Å²) in [5.74, 6) is 1.94. The van der Waals surface area contributed by atoms with Crippen molar-refractivity contribution in [1.82, 2.24) is 29.3 Å². The van der Waals surface area contributed by atoms with E-state index >= 15 is 0 Å². The molecule has 0 aliphatic rings. The lowest BCUT2D eigenvalue weighted by atomic mass is 10.2. The first-order valence-corrected chi connectivity index (χ1v) is 11.9. The van der Waals surface area contributed by atoms with Crippen LogP contribution in [0.3, 0.4) is 0 Å². The molecule has 10 heteroatoms. The number of benzene rings is 1. The molecular weight excluding hydrogens is 440 g/mol. The van der Waals surface area contributed by atoms with Crippen LogP contribution in [-0.4, -0.2) is 29.3 Å². The molecule has 0 radical (unpaired) electrons. The van der Waals surface area contributed by atoms with Crippen molar-refractivity contribution >= 4 is 22.8 Å². The molecule has 0 spiro atoms. The van der Waals surface area contributed by atoms with Gasteiger partial charge in [0.2, 0.25) is 11.8 Å². The van der Waals surface area contributed by atoms with E-state index in [1.807, 2.05) is 51.1 Å². The zero-order valence-corrected chi connectivity index (χ0v) is 19.9. The van der Waals surface area contributed by atoms with E-state index in [4.69, 9.17) is 4.42 Å². The van der Waals surface area contributed by atoms with Gasteiger partial charge in [-0.05, 0) is 12.0 Å². The number of hydrogen-bond donors (Lipinski definition) is 0. The maximum Gasteiger partial charge on any atom is 0.332 e. The maximum absolute atomic E-state index is 13.0. The molecule has 0 unspecified atom stereocenters. The van der Waals surface area contributed by atoms with Gasteiger partial charge < -0.3 is 4.42 Å². The summed E-state index contributed by atoms with van der Waals surface area (Å²) in [6.07, 6.45) is 1.29. The van der Waals surface area contributed by atoms with Crippen LogP contribution in [0.2, 0.25) is 0 Å². The third-order valence-electron chi connectivity index (χ3n) is 5.17. The summed E-state index contributed by atoms with van der Waals surface area (Å²) in [5.41, 5.74) is 0.680. The van der Waals surface area contributed by atoms with E-state index in [0.29, 0.717) is 52.4 Å². The van der Waals surface area contributed by atoms with Crippen LogP contribution in [0.1, 0.15) is 56.3 Å². The summed E-state index contributed by atoms with van der Waals surface area (Å²) in [7, 11) is 1.48.